The molecule has 0 amide bonds. The second-order valence-corrected chi connectivity index (χ2v) is 3.66. The Bertz CT molecular complexity index is 361. The highest BCUT2D eigenvalue weighted by Gasteiger charge is 2.46. The van der Waals surface area contributed by atoms with E-state index in [9.17, 15) is 13.9 Å². The van der Waals surface area contributed by atoms with Gasteiger partial charge in [-0.1, -0.05) is 11.6 Å². The average Bonchev–Trinajstić information content (AvgIpc) is 2.78. The summed E-state index contributed by atoms with van der Waals surface area (Å²) in [5.74, 6) is -1.58. The van der Waals surface area contributed by atoms with Crippen LogP contribution in [0.4, 0.5) is 8.78 Å². The summed E-state index contributed by atoms with van der Waals surface area (Å²) in [5.41, 5.74) is -1.61. The summed E-state index contributed by atoms with van der Waals surface area (Å²) in [4.78, 5) is 0. The fourth-order valence-electron chi connectivity index (χ4n) is 1.32. The van der Waals surface area contributed by atoms with Gasteiger partial charge in [0, 0.05) is 0 Å². The molecule has 0 heterocycles. The number of hydrogen-bond donors (Lipinski definition) is 1. The van der Waals surface area contributed by atoms with Gasteiger partial charge in [-0.05, 0) is 25.0 Å². The largest absolute Gasteiger partial charge is 0.385 e. The summed E-state index contributed by atoms with van der Waals surface area (Å²) in [6, 6.07) is 2.21. The summed E-state index contributed by atoms with van der Waals surface area (Å²) >= 11 is 5.47. The van der Waals surface area contributed by atoms with Crippen molar-refractivity contribution >= 4 is 11.6 Å². The Morgan fingerprint density at radius 2 is 1.92 bits per heavy atom. The van der Waals surface area contributed by atoms with Crippen LogP contribution in [-0.2, 0) is 5.60 Å². The van der Waals surface area contributed by atoms with Crippen LogP contribution in [0.5, 0.6) is 0 Å². The van der Waals surface area contributed by atoms with Crippen LogP contribution >= 0.6 is 11.6 Å². The van der Waals surface area contributed by atoms with Gasteiger partial charge < -0.3 is 5.11 Å². The fourth-order valence-corrected chi connectivity index (χ4v) is 1.48. The molecular weight excluding hydrogens is 198 g/mol. The second kappa shape index (κ2) is 2.66. The molecule has 0 spiro atoms. The first-order valence-electron chi connectivity index (χ1n) is 3.91. The molecule has 1 aliphatic carbocycles. The molecule has 1 aromatic rings. The second-order valence-electron chi connectivity index (χ2n) is 3.25. The van der Waals surface area contributed by atoms with Crippen molar-refractivity contribution in [1.29, 1.82) is 0 Å². The van der Waals surface area contributed by atoms with Crippen LogP contribution in [0.2, 0.25) is 5.02 Å². The predicted octanol–water partition coefficient (Wildman–Crippen LogP) is 2.60. The first-order chi connectivity index (χ1) is 6.04. The molecule has 1 N–H and O–H groups in total. The lowest BCUT2D eigenvalue weighted by Gasteiger charge is -2.10. The molecule has 4 heteroatoms. The van der Waals surface area contributed by atoms with Gasteiger partial charge in [0.15, 0.2) is 5.82 Å². The topological polar surface area (TPSA) is 20.2 Å². The molecule has 1 nitrogen and oxygen atoms in total. The Balaban J connectivity index is 2.61. The van der Waals surface area contributed by atoms with Gasteiger partial charge in [-0.3, -0.25) is 0 Å². The van der Waals surface area contributed by atoms with Crippen molar-refractivity contribution in [3.63, 3.8) is 0 Å². The number of hydrogen-bond acceptors (Lipinski definition) is 1. The van der Waals surface area contributed by atoms with E-state index in [0.717, 1.165) is 12.1 Å². The first-order valence-corrected chi connectivity index (χ1v) is 4.29. The van der Waals surface area contributed by atoms with Crippen LogP contribution in [0.3, 0.4) is 0 Å². The van der Waals surface area contributed by atoms with Gasteiger partial charge in [-0.25, -0.2) is 8.78 Å². The SMILES string of the molecule is OC1(c2c(F)ccc(Cl)c2F)CC1. The zero-order valence-corrected chi connectivity index (χ0v) is 7.41. The zero-order valence-electron chi connectivity index (χ0n) is 6.65. The highest BCUT2D eigenvalue weighted by molar-refractivity contribution is 6.30. The summed E-state index contributed by atoms with van der Waals surface area (Å²) in [6.45, 7) is 0. The van der Waals surface area contributed by atoms with Crippen LogP contribution in [-0.4, -0.2) is 5.11 Å². The zero-order chi connectivity index (χ0) is 9.64. The van der Waals surface area contributed by atoms with Crippen molar-refractivity contribution in [1.82, 2.24) is 0 Å². The summed E-state index contributed by atoms with van der Waals surface area (Å²) in [7, 11) is 0. The molecule has 0 saturated heterocycles. The monoisotopic (exact) mass is 204 g/mol. The van der Waals surface area contributed by atoms with E-state index in [1.54, 1.807) is 0 Å². The maximum Gasteiger partial charge on any atom is 0.150 e. The predicted molar refractivity (Wildman–Crippen MR) is 44.5 cm³/mol. The molecule has 1 aromatic carbocycles. The molecular formula is C9H7ClF2O. The van der Waals surface area contributed by atoms with Gasteiger partial charge in [0.1, 0.15) is 5.82 Å². The Hall–Kier alpha value is -0.670. The summed E-state index contributed by atoms with van der Waals surface area (Å²) in [5, 5.41) is 9.39. The Kier molecular flexibility index (Phi) is 1.82. The smallest absolute Gasteiger partial charge is 0.150 e. The molecule has 1 aliphatic rings. The molecule has 13 heavy (non-hydrogen) atoms. The Morgan fingerprint density at radius 1 is 1.31 bits per heavy atom. The lowest BCUT2D eigenvalue weighted by Crippen LogP contribution is -2.10. The number of aliphatic hydroxyl groups is 1. The van der Waals surface area contributed by atoms with E-state index < -0.39 is 17.2 Å². The van der Waals surface area contributed by atoms with Crippen molar-refractivity contribution in [3.8, 4) is 0 Å². The number of benzene rings is 1. The van der Waals surface area contributed by atoms with E-state index in [0.29, 0.717) is 12.8 Å². The minimum Gasteiger partial charge on any atom is -0.385 e. The molecule has 1 saturated carbocycles. The quantitative estimate of drug-likeness (QED) is 0.698. The van der Waals surface area contributed by atoms with Crippen molar-refractivity contribution in [2.45, 2.75) is 18.4 Å². The maximum absolute atomic E-state index is 13.3. The van der Waals surface area contributed by atoms with Crippen LogP contribution in [0.1, 0.15) is 18.4 Å². The van der Waals surface area contributed by atoms with Gasteiger partial charge in [0.05, 0.1) is 16.2 Å². The molecule has 0 atom stereocenters. The Labute approximate surface area is 78.9 Å². The molecule has 1 fully saturated rings. The van der Waals surface area contributed by atoms with Gasteiger partial charge in [0.25, 0.3) is 0 Å². The standard InChI is InChI=1S/C9H7ClF2O/c10-5-1-2-6(11)7(8(5)12)9(13)3-4-9/h1-2,13H,3-4H2. The Morgan fingerprint density at radius 3 is 2.46 bits per heavy atom. The maximum atomic E-state index is 13.3. The third-order valence-electron chi connectivity index (χ3n) is 2.23. The molecule has 0 aliphatic heterocycles. The lowest BCUT2D eigenvalue weighted by atomic mass is 10.1. The molecule has 70 valence electrons. The first kappa shape index (κ1) is 8.91. The molecule has 0 bridgehead atoms. The van der Waals surface area contributed by atoms with E-state index in [-0.39, 0.29) is 10.6 Å². The van der Waals surface area contributed by atoms with Crippen molar-refractivity contribution in [2.24, 2.45) is 0 Å². The van der Waals surface area contributed by atoms with Gasteiger partial charge in [-0.15, -0.1) is 0 Å². The average molecular weight is 205 g/mol. The van der Waals surface area contributed by atoms with E-state index in [2.05, 4.69) is 0 Å². The molecule has 2 rings (SSSR count). The van der Waals surface area contributed by atoms with Gasteiger partial charge in [-0.2, -0.15) is 0 Å². The van der Waals surface area contributed by atoms with Gasteiger partial charge >= 0.3 is 0 Å². The van der Waals surface area contributed by atoms with Crippen LogP contribution in [0.15, 0.2) is 12.1 Å². The third-order valence-corrected chi connectivity index (χ3v) is 2.52. The minimum atomic E-state index is -1.32. The summed E-state index contributed by atoms with van der Waals surface area (Å²) in [6.07, 6.45) is 0.780. The highest BCUT2D eigenvalue weighted by atomic mass is 35.5. The molecule has 0 unspecified atom stereocenters. The van der Waals surface area contributed by atoms with E-state index in [4.69, 9.17) is 11.6 Å². The normalized spacial score (nSPS) is 18.8. The van der Waals surface area contributed by atoms with E-state index >= 15 is 0 Å². The fraction of sp³-hybridized carbons (Fsp3) is 0.333. The van der Waals surface area contributed by atoms with Crippen LogP contribution in [0, 0.1) is 11.6 Å². The third kappa shape index (κ3) is 1.32. The van der Waals surface area contributed by atoms with E-state index in [1.807, 2.05) is 0 Å². The van der Waals surface area contributed by atoms with Crippen LogP contribution in [0.25, 0.3) is 0 Å². The van der Waals surface area contributed by atoms with Crippen molar-refractivity contribution in [2.75, 3.05) is 0 Å². The number of halogens is 3. The summed E-state index contributed by atoms with van der Waals surface area (Å²) < 4.78 is 26.4. The highest BCUT2D eigenvalue weighted by Crippen LogP contribution is 2.48. The van der Waals surface area contributed by atoms with Gasteiger partial charge in [0.2, 0.25) is 0 Å². The molecule has 0 aromatic heterocycles. The minimum absolute atomic E-state index is 0.156. The van der Waals surface area contributed by atoms with E-state index in [1.165, 1.54) is 0 Å². The van der Waals surface area contributed by atoms with Crippen molar-refractivity contribution < 1.29 is 13.9 Å². The molecule has 0 radical (unpaired) electrons. The lowest BCUT2D eigenvalue weighted by molar-refractivity contribution is 0.141. The van der Waals surface area contributed by atoms with Crippen molar-refractivity contribution in [3.05, 3.63) is 34.4 Å². The van der Waals surface area contributed by atoms with Crippen LogP contribution < -0.4 is 0 Å². The number of rotatable bonds is 1.